The van der Waals surface area contributed by atoms with Gasteiger partial charge in [0.25, 0.3) is 0 Å². The molecule has 6 heteroatoms. The molecule has 1 aliphatic rings. The van der Waals surface area contributed by atoms with Crippen LogP contribution in [0.3, 0.4) is 0 Å². The molecule has 2 aromatic carbocycles. The third kappa shape index (κ3) is 4.62. The molecular weight excluding hydrogens is 350 g/mol. The second-order valence-electron chi connectivity index (χ2n) is 6.40. The second-order valence-corrected chi connectivity index (χ2v) is 6.81. The first-order valence-electron chi connectivity index (χ1n) is 8.65. The molecule has 0 bridgehead atoms. The van der Waals surface area contributed by atoms with Gasteiger partial charge in [-0.15, -0.1) is 0 Å². The van der Waals surface area contributed by atoms with Gasteiger partial charge in [-0.3, -0.25) is 14.5 Å². The Labute approximate surface area is 158 Å². The van der Waals surface area contributed by atoms with Crippen molar-refractivity contribution in [2.45, 2.75) is 6.92 Å². The number of hydrogen-bond donors (Lipinski definition) is 1. The third-order valence-electron chi connectivity index (χ3n) is 4.49. The molecule has 0 atom stereocenters. The van der Waals surface area contributed by atoms with Gasteiger partial charge in [-0.05, 0) is 31.2 Å². The minimum absolute atomic E-state index is 0.0169. The lowest BCUT2D eigenvalue weighted by molar-refractivity contribution is -0.117. The summed E-state index contributed by atoms with van der Waals surface area (Å²) in [6.07, 6.45) is 0. The first kappa shape index (κ1) is 18.4. The number of para-hydroxylation sites is 1. The topological polar surface area (TPSA) is 52.7 Å². The number of halogens is 1. The molecule has 0 radical (unpaired) electrons. The molecule has 136 valence electrons. The van der Waals surface area contributed by atoms with E-state index in [1.54, 1.807) is 24.3 Å². The molecule has 1 N–H and O–H groups in total. The van der Waals surface area contributed by atoms with Crippen molar-refractivity contribution in [2.24, 2.45) is 0 Å². The van der Waals surface area contributed by atoms with Crippen molar-refractivity contribution in [2.75, 3.05) is 42.9 Å². The first-order valence-corrected chi connectivity index (χ1v) is 9.03. The van der Waals surface area contributed by atoms with Crippen LogP contribution in [0.5, 0.6) is 0 Å². The summed E-state index contributed by atoms with van der Waals surface area (Å²) >= 11 is 6.26. The standard InChI is InChI=1S/C20H22ClN3O2/c1-15(25)16-5-4-6-17(13-16)22-20(26)14-23-9-11-24(12-10-23)19-8-3-2-7-18(19)21/h2-8,13H,9-12,14H2,1H3,(H,22,26). The molecule has 0 aromatic heterocycles. The zero-order valence-corrected chi connectivity index (χ0v) is 15.5. The van der Waals surface area contributed by atoms with Crippen LogP contribution in [0.4, 0.5) is 11.4 Å². The van der Waals surface area contributed by atoms with Crippen molar-refractivity contribution in [3.05, 3.63) is 59.1 Å². The average molecular weight is 372 g/mol. The van der Waals surface area contributed by atoms with Gasteiger partial charge in [-0.25, -0.2) is 0 Å². The molecule has 0 aliphatic carbocycles. The monoisotopic (exact) mass is 371 g/mol. The predicted molar refractivity (Wildman–Crippen MR) is 105 cm³/mol. The molecule has 1 amide bonds. The Balaban J connectivity index is 1.51. The van der Waals surface area contributed by atoms with E-state index in [0.717, 1.165) is 36.9 Å². The van der Waals surface area contributed by atoms with Gasteiger partial charge in [0.1, 0.15) is 0 Å². The minimum atomic E-state index is -0.0723. The average Bonchev–Trinajstić information content (AvgIpc) is 2.63. The van der Waals surface area contributed by atoms with Gasteiger partial charge in [-0.2, -0.15) is 0 Å². The highest BCUT2D eigenvalue weighted by Gasteiger charge is 2.20. The molecular formula is C20H22ClN3O2. The highest BCUT2D eigenvalue weighted by Crippen LogP contribution is 2.26. The Morgan fingerprint density at radius 2 is 1.77 bits per heavy atom. The van der Waals surface area contributed by atoms with Crippen molar-refractivity contribution in [1.82, 2.24) is 4.90 Å². The number of ketones is 1. The van der Waals surface area contributed by atoms with Crippen LogP contribution in [0.1, 0.15) is 17.3 Å². The second kappa shape index (κ2) is 8.34. The van der Waals surface area contributed by atoms with E-state index >= 15 is 0 Å². The number of nitrogens with one attached hydrogen (secondary N) is 1. The van der Waals surface area contributed by atoms with Crippen LogP contribution >= 0.6 is 11.6 Å². The molecule has 1 aliphatic heterocycles. The van der Waals surface area contributed by atoms with Crippen LogP contribution in [0, 0.1) is 0 Å². The van der Waals surface area contributed by atoms with Gasteiger partial charge < -0.3 is 10.2 Å². The molecule has 3 rings (SSSR count). The summed E-state index contributed by atoms with van der Waals surface area (Å²) in [5, 5.41) is 3.62. The smallest absolute Gasteiger partial charge is 0.238 e. The Bertz CT molecular complexity index is 801. The van der Waals surface area contributed by atoms with E-state index in [0.29, 0.717) is 17.8 Å². The molecule has 1 fully saturated rings. The number of benzene rings is 2. The number of amides is 1. The van der Waals surface area contributed by atoms with E-state index in [9.17, 15) is 9.59 Å². The van der Waals surface area contributed by atoms with Gasteiger partial charge in [0.2, 0.25) is 5.91 Å². The van der Waals surface area contributed by atoms with E-state index in [1.165, 1.54) is 6.92 Å². The number of piperazine rings is 1. The van der Waals surface area contributed by atoms with Gasteiger partial charge in [-0.1, -0.05) is 35.9 Å². The van der Waals surface area contributed by atoms with E-state index < -0.39 is 0 Å². The molecule has 0 unspecified atom stereocenters. The lowest BCUT2D eigenvalue weighted by Gasteiger charge is -2.36. The van der Waals surface area contributed by atoms with Crippen LogP contribution in [-0.2, 0) is 4.79 Å². The van der Waals surface area contributed by atoms with E-state index in [4.69, 9.17) is 11.6 Å². The fourth-order valence-electron chi connectivity index (χ4n) is 3.07. The van der Waals surface area contributed by atoms with E-state index in [1.807, 2.05) is 24.3 Å². The maximum absolute atomic E-state index is 12.3. The minimum Gasteiger partial charge on any atom is -0.368 e. The number of Topliss-reactive ketones (excluding diaryl/α,β-unsaturated/α-hetero) is 1. The van der Waals surface area contributed by atoms with Gasteiger partial charge in [0.15, 0.2) is 5.78 Å². The Hall–Kier alpha value is -2.37. The number of nitrogens with zero attached hydrogens (tertiary/aromatic N) is 2. The van der Waals surface area contributed by atoms with Crippen LogP contribution in [0.15, 0.2) is 48.5 Å². The fraction of sp³-hybridized carbons (Fsp3) is 0.300. The number of carbonyl (C=O) groups is 2. The SMILES string of the molecule is CC(=O)c1cccc(NC(=O)CN2CCN(c3ccccc3Cl)CC2)c1. The maximum atomic E-state index is 12.3. The fourth-order valence-corrected chi connectivity index (χ4v) is 3.33. The first-order chi connectivity index (χ1) is 12.5. The third-order valence-corrected chi connectivity index (χ3v) is 4.81. The lowest BCUT2D eigenvalue weighted by atomic mass is 10.1. The Kier molecular flexibility index (Phi) is 5.91. The quantitative estimate of drug-likeness (QED) is 0.819. The zero-order chi connectivity index (χ0) is 18.5. The molecule has 1 saturated heterocycles. The predicted octanol–water partition coefficient (Wildman–Crippen LogP) is 3.30. The molecule has 26 heavy (non-hydrogen) atoms. The summed E-state index contributed by atoms with van der Waals surface area (Å²) in [7, 11) is 0. The number of hydrogen-bond acceptors (Lipinski definition) is 4. The van der Waals surface area contributed by atoms with Crippen LogP contribution in [0.2, 0.25) is 5.02 Å². The molecule has 2 aromatic rings. The van der Waals surface area contributed by atoms with Crippen molar-refractivity contribution in [1.29, 1.82) is 0 Å². The van der Waals surface area contributed by atoms with Crippen molar-refractivity contribution in [3.8, 4) is 0 Å². The Morgan fingerprint density at radius 1 is 1.04 bits per heavy atom. The number of carbonyl (C=O) groups excluding carboxylic acids is 2. The van der Waals surface area contributed by atoms with E-state index in [-0.39, 0.29) is 11.7 Å². The molecule has 5 nitrogen and oxygen atoms in total. The molecule has 1 heterocycles. The van der Waals surface area contributed by atoms with Crippen molar-refractivity contribution >= 4 is 34.7 Å². The maximum Gasteiger partial charge on any atom is 0.238 e. The highest BCUT2D eigenvalue weighted by molar-refractivity contribution is 6.33. The zero-order valence-electron chi connectivity index (χ0n) is 14.7. The summed E-state index contributed by atoms with van der Waals surface area (Å²) < 4.78 is 0. The van der Waals surface area contributed by atoms with Crippen molar-refractivity contribution < 1.29 is 9.59 Å². The van der Waals surface area contributed by atoms with Gasteiger partial charge in [0.05, 0.1) is 17.3 Å². The summed E-state index contributed by atoms with van der Waals surface area (Å²) in [5.74, 6) is -0.0892. The number of anilines is 2. The summed E-state index contributed by atoms with van der Waals surface area (Å²) in [4.78, 5) is 28.1. The van der Waals surface area contributed by atoms with Crippen LogP contribution in [-0.4, -0.2) is 49.3 Å². The van der Waals surface area contributed by atoms with Gasteiger partial charge >= 0.3 is 0 Å². The molecule has 0 spiro atoms. The van der Waals surface area contributed by atoms with Crippen molar-refractivity contribution in [3.63, 3.8) is 0 Å². The summed E-state index contributed by atoms with van der Waals surface area (Å²) in [6, 6.07) is 14.8. The Morgan fingerprint density at radius 3 is 2.46 bits per heavy atom. The highest BCUT2D eigenvalue weighted by atomic mass is 35.5. The lowest BCUT2D eigenvalue weighted by Crippen LogP contribution is -2.48. The van der Waals surface area contributed by atoms with Gasteiger partial charge in [0, 0.05) is 37.4 Å². The van der Waals surface area contributed by atoms with E-state index in [2.05, 4.69) is 15.1 Å². The summed E-state index contributed by atoms with van der Waals surface area (Å²) in [5.41, 5.74) is 2.29. The normalized spacial score (nSPS) is 14.9. The molecule has 0 saturated carbocycles. The largest absolute Gasteiger partial charge is 0.368 e. The van der Waals surface area contributed by atoms with Crippen LogP contribution < -0.4 is 10.2 Å². The summed E-state index contributed by atoms with van der Waals surface area (Å²) in [6.45, 7) is 5.10. The van der Waals surface area contributed by atoms with Crippen LogP contribution in [0.25, 0.3) is 0 Å². The number of rotatable bonds is 5.